The summed E-state index contributed by atoms with van der Waals surface area (Å²) in [6.07, 6.45) is 0.618. The number of benzene rings is 2. The Morgan fingerprint density at radius 1 is 1.19 bits per heavy atom. The van der Waals surface area contributed by atoms with Crippen LogP contribution in [-0.4, -0.2) is 13.1 Å². The van der Waals surface area contributed by atoms with Crippen molar-refractivity contribution in [3.05, 3.63) is 65.2 Å². The van der Waals surface area contributed by atoms with E-state index in [0.29, 0.717) is 13.0 Å². The first kappa shape index (κ1) is 13.7. The average molecular weight is 282 g/mol. The number of hydrogen-bond donors (Lipinski definition) is 0. The van der Waals surface area contributed by atoms with Crippen LogP contribution in [0.3, 0.4) is 0 Å². The van der Waals surface area contributed by atoms with E-state index in [1.165, 1.54) is 0 Å². The van der Waals surface area contributed by atoms with Crippen molar-refractivity contribution in [1.29, 1.82) is 0 Å². The van der Waals surface area contributed by atoms with Crippen molar-refractivity contribution >= 4 is 5.97 Å². The van der Waals surface area contributed by atoms with Crippen molar-refractivity contribution in [2.24, 2.45) is 0 Å². The number of cyclic esters (lactones) is 1. The van der Waals surface area contributed by atoms with E-state index in [-0.39, 0.29) is 5.97 Å². The summed E-state index contributed by atoms with van der Waals surface area (Å²) in [4.78, 5) is 12.4. The van der Waals surface area contributed by atoms with Gasteiger partial charge < -0.3 is 9.47 Å². The summed E-state index contributed by atoms with van der Waals surface area (Å²) in [7, 11) is 1.64. The standard InChI is InChI=1S/C18H18O3/c1-18(11-13-6-4-3-5-7-13)16-10-15(20-2)9-8-14(16)12-21-17(18)19/h3-10H,11-12H2,1-2H3. The third-order valence-corrected chi connectivity index (χ3v) is 4.12. The van der Waals surface area contributed by atoms with Crippen molar-refractivity contribution in [3.63, 3.8) is 0 Å². The zero-order valence-corrected chi connectivity index (χ0v) is 12.3. The molecular weight excluding hydrogens is 264 g/mol. The van der Waals surface area contributed by atoms with Crippen LogP contribution in [0.25, 0.3) is 0 Å². The third kappa shape index (κ3) is 2.40. The number of esters is 1. The maximum Gasteiger partial charge on any atom is 0.316 e. The van der Waals surface area contributed by atoms with Crippen LogP contribution in [0.5, 0.6) is 5.75 Å². The Morgan fingerprint density at radius 2 is 1.95 bits per heavy atom. The van der Waals surface area contributed by atoms with Gasteiger partial charge in [0.2, 0.25) is 0 Å². The molecule has 3 heteroatoms. The van der Waals surface area contributed by atoms with Crippen molar-refractivity contribution in [2.75, 3.05) is 7.11 Å². The van der Waals surface area contributed by atoms with E-state index in [2.05, 4.69) is 0 Å². The normalized spacial score (nSPS) is 20.6. The van der Waals surface area contributed by atoms with Gasteiger partial charge in [-0.2, -0.15) is 0 Å². The zero-order chi connectivity index (χ0) is 14.9. The van der Waals surface area contributed by atoms with E-state index >= 15 is 0 Å². The maximum atomic E-state index is 12.4. The van der Waals surface area contributed by atoms with E-state index in [1.54, 1.807) is 7.11 Å². The highest BCUT2D eigenvalue weighted by Crippen LogP contribution is 2.38. The monoisotopic (exact) mass is 282 g/mol. The molecule has 0 aliphatic carbocycles. The lowest BCUT2D eigenvalue weighted by molar-refractivity contribution is -0.153. The first-order valence-corrected chi connectivity index (χ1v) is 7.02. The quantitative estimate of drug-likeness (QED) is 0.811. The summed E-state index contributed by atoms with van der Waals surface area (Å²) in [5, 5.41) is 0. The summed E-state index contributed by atoms with van der Waals surface area (Å²) in [6.45, 7) is 2.28. The van der Waals surface area contributed by atoms with Crippen LogP contribution in [0.15, 0.2) is 48.5 Å². The second-order valence-electron chi connectivity index (χ2n) is 5.59. The summed E-state index contributed by atoms with van der Waals surface area (Å²) in [6, 6.07) is 15.9. The topological polar surface area (TPSA) is 35.5 Å². The van der Waals surface area contributed by atoms with Crippen LogP contribution in [0, 0.1) is 0 Å². The number of methoxy groups -OCH3 is 1. The molecule has 3 nitrogen and oxygen atoms in total. The van der Waals surface area contributed by atoms with Crippen LogP contribution < -0.4 is 4.74 Å². The minimum atomic E-state index is -0.677. The van der Waals surface area contributed by atoms with Crippen LogP contribution in [-0.2, 0) is 28.0 Å². The van der Waals surface area contributed by atoms with Crippen LogP contribution in [0.1, 0.15) is 23.6 Å². The zero-order valence-electron chi connectivity index (χ0n) is 12.3. The predicted molar refractivity (Wildman–Crippen MR) is 80.3 cm³/mol. The second kappa shape index (κ2) is 5.24. The summed E-state index contributed by atoms with van der Waals surface area (Å²) >= 11 is 0. The van der Waals surface area contributed by atoms with Crippen LogP contribution in [0.2, 0.25) is 0 Å². The number of ether oxygens (including phenoxy) is 2. The molecule has 108 valence electrons. The number of hydrogen-bond acceptors (Lipinski definition) is 3. The lowest BCUT2D eigenvalue weighted by Gasteiger charge is -2.34. The number of carbonyl (C=O) groups is 1. The van der Waals surface area contributed by atoms with Gasteiger partial charge in [-0.15, -0.1) is 0 Å². The molecule has 0 amide bonds. The Balaban J connectivity index is 2.06. The predicted octanol–water partition coefficient (Wildman–Crippen LogP) is 3.25. The fraction of sp³-hybridized carbons (Fsp3) is 0.278. The third-order valence-electron chi connectivity index (χ3n) is 4.12. The number of fused-ring (bicyclic) bond motifs is 1. The molecule has 2 aromatic carbocycles. The van der Waals surface area contributed by atoms with Gasteiger partial charge in [0, 0.05) is 0 Å². The van der Waals surface area contributed by atoms with E-state index in [1.807, 2.05) is 55.5 Å². The van der Waals surface area contributed by atoms with Crippen molar-refractivity contribution in [2.45, 2.75) is 25.4 Å². The minimum Gasteiger partial charge on any atom is -0.497 e. The maximum absolute atomic E-state index is 12.4. The molecule has 1 aliphatic heterocycles. The van der Waals surface area contributed by atoms with Crippen molar-refractivity contribution in [1.82, 2.24) is 0 Å². The minimum absolute atomic E-state index is 0.174. The molecule has 0 bridgehead atoms. The Bertz CT molecular complexity index is 663. The molecular formula is C18H18O3. The number of carbonyl (C=O) groups excluding carboxylic acids is 1. The molecule has 0 radical (unpaired) electrons. The van der Waals surface area contributed by atoms with E-state index in [0.717, 1.165) is 22.4 Å². The molecule has 0 fully saturated rings. The largest absolute Gasteiger partial charge is 0.497 e. The van der Waals surface area contributed by atoms with E-state index in [4.69, 9.17) is 9.47 Å². The number of rotatable bonds is 3. The average Bonchev–Trinajstić information content (AvgIpc) is 2.52. The molecule has 0 saturated carbocycles. The highest BCUT2D eigenvalue weighted by atomic mass is 16.5. The SMILES string of the molecule is COc1ccc2c(c1)C(C)(Cc1ccccc1)C(=O)OC2. The van der Waals surface area contributed by atoms with Crippen molar-refractivity contribution in [3.8, 4) is 5.75 Å². The molecule has 0 N–H and O–H groups in total. The molecule has 0 saturated heterocycles. The van der Waals surface area contributed by atoms with Gasteiger partial charge in [-0.1, -0.05) is 36.4 Å². The Morgan fingerprint density at radius 3 is 2.67 bits per heavy atom. The smallest absolute Gasteiger partial charge is 0.316 e. The van der Waals surface area contributed by atoms with Crippen LogP contribution >= 0.6 is 0 Å². The molecule has 21 heavy (non-hydrogen) atoms. The highest BCUT2D eigenvalue weighted by Gasteiger charge is 2.42. The molecule has 1 unspecified atom stereocenters. The fourth-order valence-electron chi connectivity index (χ4n) is 2.91. The molecule has 1 aliphatic rings. The molecule has 1 atom stereocenters. The molecule has 2 aromatic rings. The van der Waals surface area contributed by atoms with Gasteiger partial charge in [0.05, 0.1) is 12.5 Å². The molecule has 0 spiro atoms. The Hall–Kier alpha value is -2.29. The van der Waals surface area contributed by atoms with E-state index in [9.17, 15) is 4.79 Å². The fourth-order valence-corrected chi connectivity index (χ4v) is 2.91. The molecule has 0 aromatic heterocycles. The van der Waals surface area contributed by atoms with Gasteiger partial charge >= 0.3 is 5.97 Å². The van der Waals surface area contributed by atoms with E-state index < -0.39 is 5.41 Å². The first-order chi connectivity index (χ1) is 10.1. The van der Waals surface area contributed by atoms with Gasteiger partial charge in [-0.25, -0.2) is 0 Å². The lowest BCUT2D eigenvalue weighted by Crippen LogP contribution is -2.40. The summed E-state index contributed by atoms with van der Waals surface area (Å²) < 4.78 is 10.7. The highest BCUT2D eigenvalue weighted by molar-refractivity contribution is 5.85. The van der Waals surface area contributed by atoms with Crippen LogP contribution in [0.4, 0.5) is 0 Å². The van der Waals surface area contributed by atoms with Gasteiger partial charge in [0.15, 0.2) is 0 Å². The van der Waals surface area contributed by atoms with Gasteiger partial charge in [0.1, 0.15) is 12.4 Å². The Labute approximate surface area is 124 Å². The summed E-state index contributed by atoms with van der Waals surface area (Å²) in [5.41, 5.74) is 2.49. The molecule has 1 heterocycles. The van der Waals surface area contributed by atoms with Gasteiger partial charge in [-0.3, -0.25) is 4.79 Å². The summed E-state index contributed by atoms with van der Waals surface area (Å²) in [5.74, 6) is 0.592. The lowest BCUT2D eigenvalue weighted by atomic mass is 9.74. The Kier molecular flexibility index (Phi) is 3.42. The first-order valence-electron chi connectivity index (χ1n) is 7.02. The van der Waals surface area contributed by atoms with Gasteiger partial charge in [0.25, 0.3) is 0 Å². The molecule has 3 rings (SSSR count). The van der Waals surface area contributed by atoms with Gasteiger partial charge in [-0.05, 0) is 42.2 Å². The second-order valence-corrected chi connectivity index (χ2v) is 5.59. The van der Waals surface area contributed by atoms with Crippen molar-refractivity contribution < 1.29 is 14.3 Å².